The molecule has 0 spiro atoms. The van der Waals surface area contributed by atoms with Crippen molar-refractivity contribution >= 4 is 35.8 Å². The van der Waals surface area contributed by atoms with Crippen LogP contribution in [0.3, 0.4) is 0 Å². The van der Waals surface area contributed by atoms with Gasteiger partial charge in [-0.3, -0.25) is 0 Å². The average molecular weight is 477 g/mol. The molecule has 0 aromatic carbocycles. The SMILES string of the molecule is CCNC(=NCc1cccc(N(C)C)n1)NCCCOC1CCOC1.I. The van der Waals surface area contributed by atoms with E-state index in [9.17, 15) is 0 Å². The topological polar surface area (TPSA) is 71.0 Å². The minimum atomic E-state index is 0. The zero-order chi connectivity index (χ0) is 17.9. The lowest BCUT2D eigenvalue weighted by Crippen LogP contribution is -2.38. The molecular weight excluding hydrogens is 445 g/mol. The van der Waals surface area contributed by atoms with Crippen LogP contribution < -0.4 is 15.5 Å². The maximum absolute atomic E-state index is 5.77. The summed E-state index contributed by atoms with van der Waals surface area (Å²) in [6.45, 7) is 6.56. The number of ether oxygens (including phenoxy) is 2. The molecule has 148 valence electrons. The van der Waals surface area contributed by atoms with E-state index in [4.69, 9.17) is 9.47 Å². The lowest BCUT2D eigenvalue weighted by Gasteiger charge is -2.13. The maximum Gasteiger partial charge on any atom is 0.191 e. The molecule has 0 saturated carbocycles. The second-order valence-corrected chi connectivity index (χ2v) is 6.21. The minimum Gasteiger partial charge on any atom is -0.379 e. The molecule has 1 aliphatic heterocycles. The van der Waals surface area contributed by atoms with Crippen molar-refractivity contribution in [2.75, 3.05) is 51.9 Å². The van der Waals surface area contributed by atoms with Crippen LogP contribution in [0.1, 0.15) is 25.5 Å². The van der Waals surface area contributed by atoms with E-state index in [-0.39, 0.29) is 30.1 Å². The molecule has 0 radical (unpaired) electrons. The zero-order valence-corrected chi connectivity index (χ0v) is 18.4. The Kier molecular flexibility index (Phi) is 11.5. The molecule has 2 N–H and O–H groups in total. The summed E-state index contributed by atoms with van der Waals surface area (Å²) in [6.07, 6.45) is 2.23. The summed E-state index contributed by atoms with van der Waals surface area (Å²) in [6, 6.07) is 6.00. The molecule has 2 heterocycles. The fraction of sp³-hybridized carbons (Fsp3) is 0.667. The molecule has 0 amide bonds. The van der Waals surface area contributed by atoms with Gasteiger partial charge in [0, 0.05) is 40.4 Å². The Labute approximate surface area is 174 Å². The van der Waals surface area contributed by atoms with Crippen molar-refractivity contribution < 1.29 is 9.47 Å². The van der Waals surface area contributed by atoms with Crippen LogP contribution in [0.4, 0.5) is 5.82 Å². The molecule has 7 nitrogen and oxygen atoms in total. The standard InChI is InChI=1S/C18H31N5O2.HI/c1-4-19-18(20-10-6-11-25-16-9-12-24-14-16)21-13-15-7-5-8-17(22-15)23(2)3;/h5,7-8,16H,4,6,9-14H2,1-3H3,(H2,19,20,21);1H. The first-order valence-corrected chi connectivity index (χ1v) is 9.04. The predicted octanol–water partition coefficient (Wildman–Crippen LogP) is 2.02. The highest BCUT2D eigenvalue weighted by atomic mass is 127. The Balaban J connectivity index is 0.00000338. The van der Waals surface area contributed by atoms with E-state index in [0.29, 0.717) is 6.54 Å². The van der Waals surface area contributed by atoms with Crippen LogP contribution in [0.2, 0.25) is 0 Å². The molecule has 26 heavy (non-hydrogen) atoms. The monoisotopic (exact) mass is 477 g/mol. The van der Waals surface area contributed by atoms with Gasteiger partial charge in [-0.1, -0.05) is 6.07 Å². The summed E-state index contributed by atoms with van der Waals surface area (Å²) >= 11 is 0. The van der Waals surface area contributed by atoms with Gasteiger partial charge in [-0.25, -0.2) is 9.98 Å². The van der Waals surface area contributed by atoms with Crippen molar-refractivity contribution in [3.05, 3.63) is 23.9 Å². The number of hydrogen-bond donors (Lipinski definition) is 2. The van der Waals surface area contributed by atoms with Crippen molar-refractivity contribution in [1.82, 2.24) is 15.6 Å². The highest BCUT2D eigenvalue weighted by Gasteiger charge is 2.15. The van der Waals surface area contributed by atoms with E-state index in [0.717, 1.165) is 63.2 Å². The number of nitrogens with one attached hydrogen (secondary N) is 2. The molecule has 1 unspecified atom stereocenters. The second kappa shape index (κ2) is 13.1. The first-order chi connectivity index (χ1) is 12.2. The van der Waals surface area contributed by atoms with Gasteiger partial charge in [0.05, 0.1) is 24.9 Å². The Bertz CT molecular complexity index is 536. The second-order valence-electron chi connectivity index (χ2n) is 6.21. The van der Waals surface area contributed by atoms with Crippen LogP contribution in [0.5, 0.6) is 0 Å². The number of nitrogens with zero attached hydrogens (tertiary/aromatic N) is 3. The molecule has 1 fully saturated rings. The van der Waals surface area contributed by atoms with Crippen LogP contribution in [0, 0.1) is 0 Å². The number of rotatable bonds is 9. The third-order valence-corrected chi connectivity index (χ3v) is 3.85. The number of hydrogen-bond acceptors (Lipinski definition) is 5. The normalized spacial score (nSPS) is 16.9. The van der Waals surface area contributed by atoms with Gasteiger partial charge in [0.1, 0.15) is 5.82 Å². The molecule has 1 aromatic rings. The molecule has 1 aromatic heterocycles. The van der Waals surface area contributed by atoms with Crippen molar-refractivity contribution in [2.24, 2.45) is 4.99 Å². The molecular formula is C18H32IN5O2. The first kappa shape index (κ1) is 22.9. The zero-order valence-electron chi connectivity index (χ0n) is 16.0. The fourth-order valence-electron chi connectivity index (χ4n) is 2.48. The first-order valence-electron chi connectivity index (χ1n) is 9.04. The third kappa shape index (κ3) is 8.50. The van der Waals surface area contributed by atoms with Crippen molar-refractivity contribution in [2.45, 2.75) is 32.4 Å². The molecule has 1 saturated heterocycles. The molecule has 1 aliphatic rings. The van der Waals surface area contributed by atoms with Gasteiger partial charge in [0.2, 0.25) is 0 Å². The van der Waals surface area contributed by atoms with E-state index >= 15 is 0 Å². The van der Waals surface area contributed by atoms with Crippen LogP contribution in [-0.4, -0.2) is 64.1 Å². The highest BCUT2D eigenvalue weighted by Crippen LogP contribution is 2.09. The van der Waals surface area contributed by atoms with Crippen LogP contribution >= 0.6 is 24.0 Å². The van der Waals surface area contributed by atoms with Crippen LogP contribution in [0.15, 0.2) is 23.2 Å². The Morgan fingerprint density at radius 2 is 2.23 bits per heavy atom. The number of pyridine rings is 1. The number of aromatic nitrogens is 1. The highest BCUT2D eigenvalue weighted by molar-refractivity contribution is 14.0. The number of halogens is 1. The Morgan fingerprint density at radius 1 is 1.38 bits per heavy atom. The van der Waals surface area contributed by atoms with E-state index in [2.05, 4.69) is 27.5 Å². The van der Waals surface area contributed by atoms with Crippen molar-refractivity contribution in [1.29, 1.82) is 0 Å². The summed E-state index contributed by atoms with van der Waals surface area (Å²) in [7, 11) is 3.97. The summed E-state index contributed by atoms with van der Waals surface area (Å²) < 4.78 is 11.1. The van der Waals surface area contributed by atoms with E-state index in [1.807, 2.05) is 37.2 Å². The quantitative estimate of drug-likeness (QED) is 0.246. The van der Waals surface area contributed by atoms with Gasteiger partial charge in [-0.2, -0.15) is 0 Å². The molecule has 1 atom stereocenters. The molecule has 0 bridgehead atoms. The molecule has 0 aliphatic carbocycles. The number of anilines is 1. The number of guanidine groups is 1. The summed E-state index contributed by atoms with van der Waals surface area (Å²) in [5, 5.41) is 6.61. The molecule has 8 heteroatoms. The van der Waals surface area contributed by atoms with Gasteiger partial charge in [0.15, 0.2) is 5.96 Å². The van der Waals surface area contributed by atoms with Crippen LogP contribution in [-0.2, 0) is 16.0 Å². The summed E-state index contributed by atoms with van der Waals surface area (Å²) in [5.74, 6) is 1.75. The predicted molar refractivity (Wildman–Crippen MR) is 117 cm³/mol. The summed E-state index contributed by atoms with van der Waals surface area (Å²) in [4.78, 5) is 11.2. The smallest absolute Gasteiger partial charge is 0.191 e. The van der Waals surface area contributed by atoms with E-state index in [1.54, 1.807) is 0 Å². The number of aliphatic imine (C=N–C) groups is 1. The van der Waals surface area contributed by atoms with Gasteiger partial charge in [-0.05, 0) is 31.9 Å². The van der Waals surface area contributed by atoms with Gasteiger partial charge >= 0.3 is 0 Å². The third-order valence-electron chi connectivity index (χ3n) is 3.85. The van der Waals surface area contributed by atoms with E-state index in [1.165, 1.54) is 0 Å². The largest absolute Gasteiger partial charge is 0.379 e. The van der Waals surface area contributed by atoms with Gasteiger partial charge < -0.3 is 25.0 Å². The lowest BCUT2D eigenvalue weighted by atomic mass is 10.3. The Hall–Kier alpha value is -1.13. The minimum absolute atomic E-state index is 0. The van der Waals surface area contributed by atoms with Crippen molar-refractivity contribution in [3.63, 3.8) is 0 Å². The maximum atomic E-state index is 5.77. The average Bonchev–Trinajstić information content (AvgIpc) is 3.13. The lowest BCUT2D eigenvalue weighted by molar-refractivity contribution is 0.0420. The molecule has 2 rings (SSSR count). The van der Waals surface area contributed by atoms with E-state index < -0.39 is 0 Å². The summed E-state index contributed by atoms with van der Waals surface area (Å²) in [5.41, 5.74) is 0.952. The fourth-order valence-corrected chi connectivity index (χ4v) is 2.48. The van der Waals surface area contributed by atoms with Crippen LogP contribution in [0.25, 0.3) is 0 Å². The van der Waals surface area contributed by atoms with Gasteiger partial charge in [-0.15, -0.1) is 24.0 Å². The van der Waals surface area contributed by atoms with Crippen molar-refractivity contribution in [3.8, 4) is 0 Å². The van der Waals surface area contributed by atoms with Gasteiger partial charge in [0.25, 0.3) is 0 Å². The Morgan fingerprint density at radius 3 is 2.92 bits per heavy atom.